The molecule has 0 atom stereocenters. The van der Waals surface area contributed by atoms with Crippen molar-refractivity contribution in [2.45, 2.75) is 13.2 Å². The molecule has 5 nitrogen and oxygen atoms in total. The standard InChI is InChI=1S/C16H14N2O3/c19-16(20)10-18-14-9-5-4-8-13(14)17-15(18)11-21-12-6-2-1-3-7-12/h1-9H,10-11H2,(H,19,20)/p-1. The van der Waals surface area contributed by atoms with Gasteiger partial charge in [-0.2, -0.15) is 0 Å². The van der Waals surface area contributed by atoms with E-state index in [0.29, 0.717) is 11.6 Å². The maximum absolute atomic E-state index is 10.9. The van der Waals surface area contributed by atoms with Crippen molar-refractivity contribution >= 4 is 17.0 Å². The number of imidazole rings is 1. The van der Waals surface area contributed by atoms with Gasteiger partial charge in [0.1, 0.15) is 18.2 Å². The van der Waals surface area contributed by atoms with Gasteiger partial charge in [0, 0.05) is 0 Å². The molecule has 0 aliphatic carbocycles. The van der Waals surface area contributed by atoms with Crippen LogP contribution in [-0.2, 0) is 17.9 Å². The number of nitrogens with zero attached hydrogens (tertiary/aromatic N) is 2. The van der Waals surface area contributed by atoms with Gasteiger partial charge in [-0.05, 0) is 24.3 Å². The van der Waals surface area contributed by atoms with Gasteiger partial charge >= 0.3 is 0 Å². The molecule has 21 heavy (non-hydrogen) atoms. The van der Waals surface area contributed by atoms with Gasteiger partial charge in [-0.15, -0.1) is 0 Å². The normalized spacial score (nSPS) is 10.7. The number of carboxylic acids is 1. The number of benzene rings is 2. The molecule has 1 aromatic heterocycles. The van der Waals surface area contributed by atoms with E-state index in [1.807, 2.05) is 54.6 Å². The fraction of sp³-hybridized carbons (Fsp3) is 0.125. The van der Waals surface area contributed by atoms with Gasteiger partial charge in [-0.3, -0.25) is 0 Å². The molecule has 0 saturated heterocycles. The van der Waals surface area contributed by atoms with Crippen molar-refractivity contribution in [3.05, 3.63) is 60.4 Å². The lowest BCUT2D eigenvalue weighted by atomic mass is 10.3. The molecule has 0 radical (unpaired) electrons. The summed E-state index contributed by atoms with van der Waals surface area (Å²) in [5.41, 5.74) is 1.50. The first kappa shape index (κ1) is 13.2. The summed E-state index contributed by atoms with van der Waals surface area (Å²) in [5.74, 6) is 0.118. The average molecular weight is 281 g/mol. The van der Waals surface area contributed by atoms with Gasteiger partial charge in [0.05, 0.1) is 23.5 Å². The Balaban J connectivity index is 1.91. The van der Waals surface area contributed by atoms with Gasteiger partial charge in [-0.25, -0.2) is 4.98 Å². The molecule has 5 heteroatoms. The number of hydrogen-bond donors (Lipinski definition) is 0. The largest absolute Gasteiger partial charge is 0.548 e. The summed E-state index contributed by atoms with van der Waals surface area (Å²) in [4.78, 5) is 15.4. The molecule has 0 fully saturated rings. The monoisotopic (exact) mass is 281 g/mol. The Bertz CT molecular complexity index is 766. The molecule has 3 rings (SSSR count). The van der Waals surface area contributed by atoms with E-state index in [-0.39, 0.29) is 13.2 Å². The Morgan fingerprint density at radius 2 is 1.81 bits per heavy atom. The fourth-order valence-corrected chi connectivity index (χ4v) is 2.21. The molecule has 0 N–H and O–H groups in total. The van der Waals surface area contributed by atoms with Crippen molar-refractivity contribution in [2.24, 2.45) is 0 Å². The first-order valence-electron chi connectivity index (χ1n) is 6.56. The molecule has 0 amide bonds. The topological polar surface area (TPSA) is 67.2 Å². The third-order valence-corrected chi connectivity index (χ3v) is 3.13. The second-order valence-corrected chi connectivity index (χ2v) is 4.58. The van der Waals surface area contributed by atoms with Crippen LogP contribution in [-0.4, -0.2) is 15.5 Å². The second kappa shape index (κ2) is 5.66. The van der Waals surface area contributed by atoms with Crippen LogP contribution in [0.4, 0.5) is 0 Å². The number of hydrogen-bond acceptors (Lipinski definition) is 4. The summed E-state index contributed by atoms with van der Waals surface area (Å²) in [6.07, 6.45) is 0. The SMILES string of the molecule is O=C([O-])Cn1c(COc2ccccc2)nc2ccccc21. The lowest BCUT2D eigenvalue weighted by Crippen LogP contribution is -2.28. The van der Waals surface area contributed by atoms with Crippen molar-refractivity contribution in [3.63, 3.8) is 0 Å². The predicted molar refractivity (Wildman–Crippen MR) is 75.5 cm³/mol. The van der Waals surface area contributed by atoms with Crippen LogP contribution in [0.25, 0.3) is 11.0 Å². The van der Waals surface area contributed by atoms with E-state index in [4.69, 9.17) is 4.74 Å². The zero-order valence-electron chi connectivity index (χ0n) is 11.2. The van der Waals surface area contributed by atoms with E-state index < -0.39 is 5.97 Å². The van der Waals surface area contributed by atoms with Crippen molar-refractivity contribution in [2.75, 3.05) is 0 Å². The Labute approximate surface area is 121 Å². The number of rotatable bonds is 5. The highest BCUT2D eigenvalue weighted by atomic mass is 16.5. The number of aliphatic carboxylic acids is 1. The molecule has 1 heterocycles. The lowest BCUT2D eigenvalue weighted by molar-refractivity contribution is -0.306. The summed E-state index contributed by atoms with van der Waals surface area (Å²) in [7, 11) is 0. The minimum absolute atomic E-state index is 0.200. The Hall–Kier alpha value is -2.82. The maximum atomic E-state index is 10.9. The average Bonchev–Trinajstić information content (AvgIpc) is 2.84. The summed E-state index contributed by atoms with van der Waals surface area (Å²) in [5, 5.41) is 10.9. The number of carboxylic acid groups (broad SMARTS) is 1. The van der Waals surface area contributed by atoms with E-state index in [9.17, 15) is 9.90 Å². The molecular formula is C16H13N2O3-. The molecule has 106 valence electrons. The Morgan fingerprint density at radius 1 is 1.10 bits per heavy atom. The third kappa shape index (κ3) is 2.86. The van der Waals surface area contributed by atoms with Crippen LogP contribution in [0.2, 0.25) is 0 Å². The first-order chi connectivity index (χ1) is 10.2. The Morgan fingerprint density at radius 3 is 2.57 bits per heavy atom. The van der Waals surface area contributed by atoms with Crippen molar-refractivity contribution < 1.29 is 14.6 Å². The molecule has 0 spiro atoms. The summed E-state index contributed by atoms with van der Waals surface area (Å²) in [6, 6.07) is 16.7. The molecule has 0 saturated carbocycles. The number of carbonyl (C=O) groups excluding carboxylic acids is 1. The van der Waals surface area contributed by atoms with Crippen molar-refractivity contribution in [1.82, 2.24) is 9.55 Å². The van der Waals surface area contributed by atoms with Crippen LogP contribution in [0.15, 0.2) is 54.6 Å². The highest BCUT2D eigenvalue weighted by molar-refractivity contribution is 5.78. The van der Waals surface area contributed by atoms with Gasteiger partial charge < -0.3 is 19.2 Å². The first-order valence-corrected chi connectivity index (χ1v) is 6.56. The minimum atomic E-state index is -1.15. The molecule has 0 aliphatic heterocycles. The van der Waals surface area contributed by atoms with E-state index in [1.54, 1.807) is 4.57 Å². The van der Waals surface area contributed by atoms with Crippen LogP contribution in [0.3, 0.4) is 0 Å². The van der Waals surface area contributed by atoms with E-state index in [2.05, 4.69) is 4.98 Å². The predicted octanol–water partition coefficient (Wildman–Crippen LogP) is 1.37. The highest BCUT2D eigenvalue weighted by Crippen LogP contribution is 2.18. The molecular weight excluding hydrogens is 268 g/mol. The second-order valence-electron chi connectivity index (χ2n) is 4.58. The lowest BCUT2D eigenvalue weighted by Gasteiger charge is -2.10. The number of para-hydroxylation sites is 3. The third-order valence-electron chi connectivity index (χ3n) is 3.13. The van der Waals surface area contributed by atoms with Crippen molar-refractivity contribution in [1.29, 1.82) is 0 Å². The van der Waals surface area contributed by atoms with Crippen LogP contribution in [0.5, 0.6) is 5.75 Å². The van der Waals surface area contributed by atoms with Gasteiger partial charge in [-0.1, -0.05) is 30.3 Å². The summed E-state index contributed by atoms with van der Waals surface area (Å²) >= 11 is 0. The highest BCUT2D eigenvalue weighted by Gasteiger charge is 2.11. The van der Waals surface area contributed by atoms with Gasteiger partial charge in [0.2, 0.25) is 0 Å². The van der Waals surface area contributed by atoms with E-state index in [1.165, 1.54) is 0 Å². The van der Waals surface area contributed by atoms with Crippen LogP contribution < -0.4 is 9.84 Å². The number of fused-ring (bicyclic) bond motifs is 1. The fourth-order valence-electron chi connectivity index (χ4n) is 2.21. The van der Waals surface area contributed by atoms with Crippen LogP contribution in [0, 0.1) is 0 Å². The number of ether oxygens (including phenoxy) is 1. The van der Waals surface area contributed by atoms with Gasteiger partial charge in [0.25, 0.3) is 0 Å². The molecule has 2 aromatic carbocycles. The molecule has 0 bridgehead atoms. The smallest absolute Gasteiger partial charge is 0.148 e. The van der Waals surface area contributed by atoms with E-state index >= 15 is 0 Å². The van der Waals surface area contributed by atoms with Crippen molar-refractivity contribution in [3.8, 4) is 5.75 Å². The number of aromatic nitrogens is 2. The zero-order valence-corrected chi connectivity index (χ0v) is 11.2. The van der Waals surface area contributed by atoms with Crippen LogP contribution >= 0.6 is 0 Å². The molecule has 3 aromatic rings. The number of carbonyl (C=O) groups is 1. The van der Waals surface area contributed by atoms with Crippen LogP contribution in [0.1, 0.15) is 5.82 Å². The van der Waals surface area contributed by atoms with Gasteiger partial charge in [0.15, 0.2) is 0 Å². The summed E-state index contributed by atoms with van der Waals surface area (Å²) < 4.78 is 7.25. The quantitative estimate of drug-likeness (QED) is 0.708. The van der Waals surface area contributed by atoms with E-state index in [0.717, 1.165) is 11.0 Å². The minimum Gasteiger partial charge on any atom is -0.548 e. The zero-order chi connectivity index (χ0) is 14.7. The molecule has 0 aliphatic rings. The molecule has 0 unspecified atom stereocenters. The summed E-state index contributed by atoms with van der Waals surface area (Å²) in [6.45, 7) is -0.0417. The maximum Gasteiger partial charge on any atom is 0.148 e. The Kier molecular flexibility index (Phi) is 3.55.